The van der Waals surface area contributed by atoms with Crippen LogP contribution in [0.3, 0.4) is 0 Å². The van der Waals surface area contributed by atoms with Crippen molar-refractivity contribution in [2.45, 2.75) is 37.4 Å². The lowest BCUT2D eigenvalue weighted by molar-refractivity contribution is -0.117. The number of urea groups is 1. The fraction of sp³-hybridized carbons (Fsp3) is 0.300. The zero-order chi connectivity index (χ0) is 19.7. The van der Waals surface area contributed by atoms with Crippen LogP contribution in [0, 0.1) is 0 Å². The largest absolute Gasteiger partial charge is 0.457 e. The molecule has 0 radical (unpaired) electrons. The van der Waals surface area contributed by atoms with Crippen molar-refractivity contribution in [1.82, 2.24) is 16.0 Å². The Kier molecular flexibility index (Phi) is 5.33. The molecule has 0 spiro atoms. The number of hydrogen-bond donors (Lipinski definition) is 3. The third-order valence-corrected chi connectivity index (χ3v) is 5.89. The molecule has 3 unspecified atom stereocenters. The van der Waals surface area contributed by atoms with Crippen molar-refractivity contribution in [3.05, 3.63) is 52.2 Å². The second kappa shape index (κ2) is 7.89. The van der Waals surface area contributed by atoms with Crippen molar-refractivity contribution in [2.75, 3.05) is 0 Å². The van der Waals surface area contributed by atoms with Gasteiger partial charge in [0.2, 0.25) is 5.91 Å². The molecule has 4 rings (SSSR count). The van der Waals surface area contributed by atoms with E-state index in [-0.39, 0.29) is 30.1 Å². The number of fused-ring (bicyclic) bond motifs is 1. The summed E-state index contributed by atoms with van der Waals surface area (Å²) in [6, 6.07) is 9.02. The summed E-state index contributed by atoms with van der Waals surface area (Å²) < 4.78 is 5.75. The van der Waals surface area contributed by atoms with Gasteiger partial charge in [0.15, 0.2) is 0 Å². The van der Waals surface area contributed by atoms with Crippen LogP contribution < -0.4 is 16.0 Å². The molecule has 2 fully saturated rings. The maximum Gasteiger partial charge on any atom is 0.315 e. The van der Waals surface area contributed by atoms with Gasteiger partial charge in [-0.05, 0) is 49.6 Å². The average Bonchev–Trinajstić information content (AvgIpc) is 3.27. The highest BCUT2D eigenvalue weighted by Crippen LogP contribution is 2.34. The van der Waals surface area contributed by atoms with E-state index in [4.69, 9.17) is 27.6 Å². The molecule has 2 heterocycles. The number of halogens is 2. The number of carbonyl (C=O) groups is 2. The Balaban J connectivity index is 1.36. The van der Waals surface area contributed by atoms with E-state index < -0.39 is 0 Å². The topological polar surface area (TPSA) is 83.4 Å². The first-order valence-electron chi connectivity index (χ1n) is 9.09. The molecule has 1 aliphatic heterocycles. The maximum absolute atomic E-state index is 12.2. The Morgan fingerprint density at radius 2 is 1.96 bits per heavy atom. The van der Waals surface area contributed by atoms with E-state index in [2.05, 4.69) is 16.0 Å². The zero-order valence-electron chi connectivity index (χ0n) is 14.9. The van der Waals surface area contributed by atoms with E-state index in [1.54, 1.807) is 30.3 Å². The zero-order valence-corrected chi connectivity index (χ0v) is 16.4. The molecule has 8 heteroatoms. The molecule has 3 N–H and O–H groups in total. The summed E-state index contributed by atoms with van der Waals surface area (Å²) in [4.78, 5) is 23.6. The van der Waals surface area contributed by atoms with Crippen LogP contribution in [-0.2, 0) is 4.79 Å². The van der Waals surface area contributed by atoms with Crippen LogP contribution in [0.5, 0.6) is 0 Å². The van der Waals surface area contributed by atoms with Gasteiger partial charge in [0, 0.05) is 17.7 Å². The molecule has 28 heavy (non-hydrogen) atoms. The first kappa shape index (κ1) is 18.9. The van der Waals surface area contributed by atoms with Gasteiger partial charge < -0.3 is 20.4 Å². The van der Waals surface area contributed by atoms with Crippen LogP contribution >= 0.6 is 23.2 Å². The summed E-state index contributed by atoms with van der Waals surface area (Å²) in [5.74, 6) is 0.923. The molecule has 3 amide bonds. The van der Waals surface area contributed by atoms with Gasteiger partial charge in [0.1, 0.15) is 11.5 Å². The first-order chi connectivity index (χ1) is 13.5. The first-order valence-corrected chi connectivity index (χ1v) is 9.85. The molecule has 2 aliphatic rings. The minimum absolute atomic E-state index is 0.0380. The van der Waals surface area contributed by atoms with Gasteiger partial charge in [0.05, 0.1) is 22.1 Å². The summed E-state index contributed by atoms with van der Waals surface area (Å²) >= 11 is 12.3. The monoisotopic (exact) mass is 419 g/mol. The number of carbonyl (C=O) groups excluding carboxylic acids is 2. The molecule has 2 aromatic rings. The Morgan fingerprint density at radius 3 is 2.82 bits per heavy atom. The summed E-state index contributed by atoms with van der Waals surface area (Å²) in [7, 11) is 0. The summed E-state index contributed by atoms with van der Waals surface area (Å²) in [6.45, 7) is 0. The van der Waals surface area contributed by atoms with Crippen molar-refractivity contribution in [3.8, 4) is 11.3 Å². The molecular formula is C20H19Cl2N3O3. The highest BCUT2D eigenvalue weighted by molar-refractivity contribution is 6.43. The van der Waals surface area contributed by atoms with Crippen molar-refractivity contribution in [2.24, 2.45) is 0 Å². The van der Waals surface area contributed by atoms with Crippen molar-refractivity contribution >= 4 is 41.2 Å². The van der Waals surface area contributed by atoms with Crippen molar-refractivity contribution in [1.29, 1.82) is 0 Å². The lowest BCUT2D eigenvalue weighted by Gasteiger charge is -2.30. The maximum atomic E-state index is 12.2. The van der Waals surface area contributed by atoms with Gasteiger partial charge in [-0.1, -0.05) is 29.3 Å². The number of nitrogens with one attached hydrogen (secondary N) is 3. The Labute approximate surface area is 172 Å². The molecule has 1 saturated heterocycles. The second-order valence-corrected chi connectivity index (χ2v) is 7.77. The van der Waals surface area contributed by atoms with Crippen LogP contribution in [0.25, 0.3) is 17.4 Å². The summed E-state index contributed by atoms with van der Waals surface area (Å²) in [5, 5.41) is 9.65. The van der Waals surface area contributed by atoms with Gasteiger partial charge in [-0.15, -0.1) is 0 Å². The van der Waals surface area contributed by atoms with Gasteiger partial charge in [-0.25, -0.2) is 4.79 Å². The summed E-state index contributed by atoms with van der Waals surface area (Å²) in [5.41, 5.74) is 0.697. The lowest BCUT2D eigenvalue weighted by atomic mass is 9.88. The summed E-state index contributed by atoms with van der Waals surface area (Å²) in [6.07, 6.45) is 5.46. The second-order valence-electron chi connectivity index (χ2n) is 6.99. The molecule has 1 aliphatic carbocycles. The van der Waals surface area contributed by atoms with E-state index in [0.29, 0.717) is 27.1 Å². The molecule has 146 valence electrons. The fourth-order valence-electron chi connectivity index (χ4n) is 3.70. The Bertz CT molecular complexity index is 941. The SMILES string of the molecule is O=C(/C=C/c1ccc(-c2cccc(Cl)c2Cl)o1)NC1CCC2NC(=O)NC2C1. The highest BCUT2D eigenvalue weighted by Gasteiger charge is 2.37. The van der Waals surface area contributed by atoms with Crippen LogP contribution in [-0.4, -0.2) is 30.1 Å². The van der Waals surface area contributed by atoms with Crippen LogP contribution in [0.15, 0.2) is 40.8 Å². The molecule has 3 atom stereocenters. The van der Waals surface area contributed by atoms with Crippen LogP contribution in [0.2, 0.25) is 10.0 Å². The molecule has 6 nitrogen and oxygen atoms in total. The minimum atomic E-state index is -0.195. The number of benzene rings is 1. The number of furan rings is 1. The van der Waals surface area contributed by atoms with E-state index in [1.165, 1.54) is 6.08 Å². The predicted molar refractivity (Wildman–Crippen MR) is 108 cm³/mol. The van der Waals surface area contributed by atoms with E-state index >= 15 is 0 Å². The van der Waals surface area contributed by atoms with Crippen molar-refractivity contribution in [3.63, 3.8) is 0 Å². The fourth-order valence-corrected chi connectivity index (χ4v) is 4.09. The van der Waals surface area contributed by atoms with Crippen LogP contribution in [0.1, 0.15) is 25.0 Å². The van der Waals surface area contributed by atoms with E-state index in [1.807, 2.05) is 6.07 Å². The van der Waals surface area contributed by atoms with Crippen LogP contribution in [0.4, 0.5) is 4.79 Å². The number of hydrogen-bond acceptors (Lipinski definition) is 3. The van der Waals surface area contributed by atoms with Gasteiger partial charge >= 0.3 is 6.03 Å². The number of amides is 3. The molecular weight excluding hydrogens is 401 g/mol. The molecule has 1 aromatic heterocycles. The normalized spacial score (nSPS) is 23.9. The average molecular weight is 420 g/mol. The Morgan fingerprint density at radius 1 is 1.14 bits per heavy atom. The van der Waals surface area contributed by atoms with E-state index in [0.717, 1.165) is 19.3 Å². The Hall–Kier alpha value is -2.44. The molecule has 1 aromatic carbocycles. The minimum Gasteiger partial charge on any atom is -0.457 e. The van der Waals surface area contributed by atoms with Gasteiger partial charge in [-0.2, -0.15) is 0 Å². The quantitative estimate of drug-likeness (QED) is 0.655. The third-order valence-electron chi connectivity index (χ3n) is 5.07. The number of rotatable bonds is 4. The van der Waals surface area contributed by atoms with Gasteiger partial charge in [0.25, 0.3) is 0 Å². The van der Waals surface area contributed by atoms with E-state index in [9.17, 15) is 9.59 Å². The predicted octanol–water partition coefficient (Wildman–Crippen LogP) is 3.99. The standard InChI is InChI=1S/C20H19Cl2N3O3/c21-14-3-1-2-13(19(14)22)17-8-5-12(28-17)6-9-18(26)23-11-4-7-15-16(10-11)25-20(27)24-15/h1-3,5-6,8-9,11,15-16H,4,7,10H2,(H,23,26)(H2,24,25,27)/b9-6+. The molecule has 0 bridgehead atoms. The molecule has 1 saturated carbocycles. The van der Waals surface area contributed by atoms with Crippen molar-refractivity contribution < 1.29 is 14.0 Å². The highest BCUT2D eigenvalue weighted by atomic mass is 35.5. The van der Waals surface area contributed by atoms with Gasteiger partial charge in [-0.3, -0.25) is 4.79 Å². The lowest BCUT2D eigenvalue weighted by Crippen LogP contribution is -2.47. The third kappa shape index (κ3) is 4.03. The smallest absolute Gasteiger partial charge is 0.315 e.